The van der Waals surface area contributed by atoms with Crippen LogP contribution in [0.4, 0.5) is 5.69 Å². The zero-order valence-corrected chi connectivity index (χ0v) is 12.9. The Morgan fingerprint density at radius 3 is 2.67 bits per heavy atom. The third kappa shape index (κ3) is 2.16. The highest BCUT2D eigenvalue weighted by Crippen LogP contribution is 2.52. The summed E-state index contributed by atoms with van der Waals surface area (Å²) >= 11 is 12.6. The smallest absolute Gasteiger partial charge is 0.0655 e. The molecule has 0 spiro atoms. The van der Waals surface area contributed by atoms with Gasteiger partial charge in [0.2, 0.25) is 0 Å². The van der Waals surface area contributed by atoms with Crippen molar-refractivity contribution in [3.05, 3.63) is 75.8 Å². The van der Waals surface area contributed by atoms with Gasteiger partial charge in [-0.3, -0.25) is 0 Å². The fourth-order valence-corrected chi connectivity index (χ4v) is 4.18. The van der Waals surface area contributed by atoms with Crippen LogP contribution in [-0.4, -0.2) is 0 Å². The standard InChI is InChI=1S/C18H15Cl2N/c19-12-9-15-13-7-4-8-14(13)17(11-5-2-1-3-6-11)21-18(15)16(20)10-12/h1-7,9-10,13-14,17,21H,8H2. The number of allylic oxidation sites excluding steroid dienone is 2. The Morgan fingerprint density at radius 2 is 1.86 bits per heavy atom. The first kappa shape index (κ1) is 13.2. The summed E-state index contributed by atoms with van der Waals surface area (Å²) in [6.07, 6.45) is 5.66. The minimum Gasteiger partial charge on any atom is -0.376 e. The molecule has 0 amide bonds. The van der Waals surface area contributed by atoms with Crippen molar-refractivity contribution in [2.75, 3.05) is 5.32 Å². The maximum absolute atomic E-state index is 6.42. The van der Waals surface area contributed by atoms with Crippen molar-refractivity contribution in [3.8, 4) is 0 Å². The van der Waals surface area contributed by atoms with E-state index in [0.717, 1.165) is 12.1 Å². The van der Waals surface area contributed by atoms with Crippen molar-refractivity contribution in [3.63, 3.8) is 0 Å². The molecule has 1 aliphatic heterocycles. The molecular weight excluding hydrogens is 301 g/mol. The van der Waals surface area contributed by atoms with E-state index in [0.29, 0.717) is 21.9 Å². The van der Waals surface area contributed by atoms with Gasteiger partial charge in [0.15, 0.2) is 0 Å². The largest absolute Gasteiger partial charge is 0.376 e. The van der Waals surface area contributed by atoms with Crippen molar-refractivity contribution in [1.82, 2.24) is 0 Å². The minimum atomic E-state index is 0.289. The molecule has 106 valence electrons. The molecule has 1 aliphatic carbocycles. The molecule has 0 saturated carbocycles. The van der Waals surface area contributed by atoms with Gasteiger partial charge in [-0.25, -0.2) is 0 Å². The van der Waals surface area contributed by atoms with Gasteiger partial charge in [-0.2, -0.15) is 0 Å². The van der Waals surface area contributed by atoms with Gasteiger partial charge < -0.3 is 5.32 Å². The molecule has 3 unspecified atom stereocenters. The quantitative estimate of drug-likeness (QED) is 0.654. The van der Waals surface area contributed by atoms with Crippen molar-refractivity contribution in [2.45, 2.75) is 18.4 Å². The van der Waals surface area contributed by atoms with Crippen molar-refractivity contribution in [1.29, 1.82) is 0 Å². The average molecular weight is 316 g/mol. The number of hydrogen-bond donors (Lipinski definition) is 1. The molecule has 3 heteroatoms. The van der Waals surface area contributed by atoms with Crippen LogP contribution >= 0.6 is 23.2 Å². The Balaban J connectivity index is 1.84. The Morgan fingerprint density at radius 1 is 1.05 bits per heavy atom. The Kier molecular flexibility index (Phi) is 3.20. The van der Waals surface area contributed by atoms with Gasteiger partial charge in [-0.15, -0.1) is 0 Å². The summed E-state index contributed by atoms with van der Waals surface area (Å²) in [6.45, 7) is 0. The molecule has 0 bridgehead atoms. The fraction of sp³-hybridized carbons (Fsp3) is 0.222. The maximum atomic E-state index is 6.42. The Labute approximate surface area is 134 Å². The highest BCUT2D eigenvalue weighted by Gasteiger charge is 2.38. The highest BCUT2D eigenvalue weighted by molar-refractivity contribution is 6.36. The second-order valence-corrected chi connectivity index (χ2v) is 6.58. The number of halogens is 2. The van der Waals surface area contributed by atoms with E-state index >= 15 is 0 Å². The van der Waals surface area contributed by atoms with Crippen LogP contribution in [0.5, 0.6) is 0 Å². The molecule has 2 aromatic carbocycles. The van der Waals surface area contributed by atoms with E-state index in [1.807, 2.05) is 12.1 Å². The monoisotopic (exact) mass is 315 g/mol. The van der Waals surface area contributed by atoms with E-state index in [-0.39, 0.29) is 6.04 Å². The van der Waals surface area contributed by atoms with Gasteiger partial charge >= 0.3 is 0 Å². The SMILES string of the molecule is Clc1cc(Cl)c2c(c1)C1C=CCC1C(c1ccccc1)N2. The van der Waals surface area contributed by atoms with Crippen LogP contribution in [0.25, 0.3) is 0 Å². The number of fused-ring (bicyclic) bond motifs is 3. The first-order chi connectivity index (χ1) is 10.2. The number of nitrogens with one attached hydrogen (secondary N) is 1. The molecule has 4 rings (SSSR count). The van der Waals surface area contributed by atoms with Crippen LogP contribution in [0.3, 0.4) is 0 Å². The third-order valence-electron chi connectivity index (χ3n) is 4.54. The predicted octanol–water partition coefficient (Wildman–Crippen LogP) is 5.82. The molecule has 0 radical (unpaired) electrons. The van der Waals surface area contributed by atoms with Crippen LogP contribution in [-0.2, 0) is 0 Å². The Hall–Kier alpha value is -1.44. The second-order valence-electron chi connectivity index (χ2n) is 5.74. The molecule has 0 saturated heterocycles. The van der Waals surface area contributed by atoms with Crippen molar-refractivity contribution in [2.24, 2.45) is 5.92 Å². The summed E-state index contributed by atoms with van der Waals surface area (Å²) in [7, 11) is 0. The van der Waals surface area contributed by atoms with Gasteiger partial charge in [0.25, 0.3) is 0 Å². The molecular formula is C18H15Cl2N. The van der Waals surface area contributed by atoms with E-state index in [2.05, 4.69) is 47.8 Å². The van der Waals surface area contributed by atoms with Gasteiger partial charge in [-0.05, 0) is 35.6 Å². The predicted molar refractivity (Wildman–Crippen MR) is 89.3 cm³/mol. The maximum Gasteiger partial charge on any atom is 0.0655 e. The Bertz CT molecular complexity index is 709. The molecule has 0 fully saturated rings. The first-order valence-electron chi connectivity index (χ1n) is 7.21. The topological polar surface area (TPSA) is 12.0 Å². The molecule has 2 aliphatic rings. The minimum absolute atomic E-state index is 0.289. The van der Waals surface area contributed by atoms with E-state index in [9.17, 15) is 0 Å². The lowest BCUT2D eigenvalue weighted by Crippen LogP contribution is -2.29. The molecule has 1 N–H and O–H groups in total. The lowest BCUT2D eigenvalue weighted by atomic mass is 9.77. The van der Waals surface area contributed by atoms with E-state index in [4.69, 9.17) is 23.2 Å². The normalized spacial score (nSPS) is 26.1. The van der Waals surface area contributed by atoms with E-state index in [1.54, 1.807) is 0 Å². The summed E-state index contributed by atoms with van der Waals surface area (Å²) in [4.78, 5) is 0. The summed E-state index contributed by atoms with van der Waals surface area (Å²) in [5, 5.41) is 5.06. The number of rotatable bonds is 1. The zero-order chi connectivity index (χ0) is 14.4. The summed E-state index contributed by atoms with van der Waals surface area (Å²) in [5.41, 5.74) is 3.56. The fourth-order valence-electron chi connectivity index (χ4n) is 3.61. The molecule has 0 aromatic heterocycles. The highest BCUT2D eigenvalue weighted by atomic mass is 35.5. The third-order valence-corrected chi connectivity index (χ3v) is 5.06. The van der Waals surface area contributed by atoms with E-state index in [1.165, 1.54) is 11.1 Å². The summed E-state index contributed by atoms with van der Waals surface area (Å²) in [6, 6.07) is 14.7. The van der Waals surface area contributed by atoms with Gasteiger partial charge in [0.05, 0.1) is 16.8 Å². The van der Waals surface area contributed by atoms with Crippen LogP contribution in [0.2, 0.25) is 10.0 Å². The molecule has 21 heavy (non-hydrogen) atoms. The lowest BCUT2D eigenvalue weighted by Gasteiger charge is -2.38. The van der Waals surface area contributed by atoms with Crippen LogP contribution in [0.1, 0.15) is 29.5 Å². The molecule has 3 atom stereocenters. The molecule has 2 aromatic rings. The van der Waals surface area contributed by atoms with Crippen molar-refractivity contribution >= 4 is 28.9 Å². The summed E-state index contributed by atoms with van der Waals surface area (Å²) < 4.78 is 0. The number of anilines is 1. The second kappa shape index (κ2) is 5.08. The van der Waals surface area contributed by atoms with Crippen LogP contribution < -0.4 is 5.32 Å². The van der Waals surface area contributed by atoms with Crippen LogP contribution in [0, 0.1) is 5.92 Å². The number of hydrogen-bond acceptors (Lipinski definition) is 1. The van der Waals surface area contributed by atoms with E-state index < -0.39 is 0 Å². The van der Waals surface area contributed by atoms with Gasteiger partial charge in [-0.1, -0.05) is 65.7 Å². The van der Waals surface area contributed by atoms with Crippen LogP contribution in [0.15, 0.2) is 54.6 Å². The molecule has 1 heterocycles. The van der Waals surface area contributed by atoms with Gasteiger partial charge in [0.1, 0.15) is 0 Å². The zero-order valence-electron chi connectivity index (χ0n) is 11.4. The lowest BCUT2D eigenvalue weighted by molar-refractivity contribution is 0.425. The summed E-state index contributed by atoms with van der Waals surface area (Å²) in [5.74, 6) is 0.914. The average Bonchev–Trinajstić information content (AvgIpc) is 2.97. The van der Waals surface area contributed by atoms with Gasteiger partial charge in [0, 0.05) is 10.9 Å². The number of benzene rings is 2. The van der Waals surface area contributed by atoms with Crippen molar-refractivity contribution < 1.29 is 0 Å². The first-order valence-corrected chi connectivity index (χ1v) is 7.97. The molecule has 1 nitrogen and oxygen atoms in total.